The molecule has 2 aromatic heterocycles. The molecule has 2 rings (SSSR count). The Morgan fingerprint density at radius 3 is 2.64 bits per heavy atom. The van der Waals surface area contributed by atoms with Crippen LogP contribution < -0.4 is 0 Å². The second-order valence-electron chi connectivity index (χ2n) is 3.42. The van der Waals surface area contributed by atoms with Crippen LogP contribution in [0.4, 0.5) is 0 Å². The first kappa shape index (κ1) is 9.06. The summed E-state index contributed by atoms with van der Waals surface area (Å²) in [5.74, 6) is 2.87. The summed E-state index contributed by atoms with van der Waals surface area (Å²) in [5, 5.41) is 3.73. The molecule has 0 bridgehead atoms. The van der Waals surface area contributed by atoms with E-state index in [2.05, 4.69) is 5.16 Å². The summed E-state index contributed by atoms with van der Waals surface area (Å²) in [4.78, 5) is 0. The Labute approximate surface area is 82.7 Å². The molecule has 0 saturated heterocycles. The third kappa shape index (κ3) is 1.87. The number of nitrogens with zero attached hydrogens (tertiary/aromatic N) is 1. The SMILES string of the molecule is Cc1ccc(CCc2cnoc2C)o1. The van der Waals surface area contributed by atoms with Crippen LogP contribution in [0.2, 0.25) is 0 Å². The highest BCUT2D eigenvalue weighted by Gasteiger charge is 2.04. The fourth-order valence-electron chi connectivity index (χ4n) is 1.44. The molecule has 0 aliphatic rings. The van der Waals surface area contributed by atoms with Gasteiger partial charge in [0.2, 0.25) is 0 Å². The zero-order valence-corrected chi connectivity index (χ0v) is 8.41. The van der Waals surface area contributed by atoms with Crippen LogP contribution in [0, 0.1) is 13.8 Å². The monoisotopic (exact) mass is 191 g/mol. The summed E-state index contributed by atoms with van der Waals surface area (Å²) in [6.07, 6.45) is 3.59. The molecule has 0 aliphatic carbocycles. The average Bonchev–Trinajstić information content (AvgIpc) is 2.72. The van der Waals surface area contributed by atoms with E-state index < -0.39 is 0 Å². The van der Waals surface area contributed by atoms with E-state index in [1.54, 1.807) is 6.20 Å². The van der Waals surface area contributed by atoms with Crippen molar-refractivity contribution in [3.8, 4) is 0 Å². The van der Waals surface area contributed by atoms with Gasteiger partial charge in [-0.25, -0.2) is 0 Å². The number of furan rings is 1. The van der Waals surface area contributed by atoms with Gasteiger partial charge >= 0.3 is 0 Å². The van der Waals surface area contributed by atoms with Crippen molar-refractivity contribution in [2.75, 3.05) is 0 Å². The summed E-state index contributed by atoms with van der Waals surface area (Å²) >= 11 is 0. The zero-order valence-electron chi connectivity index (χ0n) is 8.41. The maximum atomic E-state index is 5.47. The lowest BCUT2D eigenvalue weighted by molar-refractivity contribution is 0.396. The van der Waals surface area contributed by atoms with Crippen molar-refractivity contribution < 1.29 is 8.94 Å². The molecule has 0 atom stereocenters. The number of aryl methyl sites for hydroxylation is 4. The minimum absolute atomic E-state index is 0.897. The topological polar surface area (TPSA) is 39.2 Å². The largest absolute Gasteiger partial charge is 0.466 e. The molecule has 3 heteroatoms. The van der Waals surface area contributed by atoms with E-state index >= 15 is 0 Å². The van der Waals surface area contributed by atoms with Gasteiger partial charge in [0.1, 0.15) is 17.3 Å². The van der Waals surface area contributed by atoms with E-state index in [-0.39, 0.29) is 0 Å². The van der Waals surface area contributed by atoms with Gasteiger partial charge in [-0.3, -0.25) is 0 Å². The van der Waals surface area contributed by atoms with Crippen molar-refractivity contribution in [2.24, 2.45) is 0 Å². The lowest BCUT2D eigenvalue weighted by atomic mass is 10.1. The van der Waals surface area contributed by atoms with Crippen molar-refractivity contribution in [3.05, 3.63) is 41.2 Å². The Hall–Kier alpha value is -1.51. The fraction of sp³-hybridized carbons (Fsp3) is 0.364. The van der Waals surface area contributed by atoms with Gasteiger partial charge in [0.05, 0.1) is 6.20 Å². The third-order valence-corrected chi connectivity index (χ3v) is 2.29. The molecule has 0 N–H and O–H groups in total. The minimum Gasteiger partial charge on any atom is -0.466 e. The van der Waals surface area contributed by atoms with Crippen LogP contribution >= 0.6 is 0 Å². The molecule has 74 valence electrons. The quantitative estimate of drug-likeness (QED) is 0.748. The number of hydrogen-bond acceptors (Lipinski definition) is 3. The van der Waals surface area contributed by atoms with Crippen LogP contribution in [0.1, 0.15) is 22.8 Å². The van der Waals surface area contributed by atoms with E-state index in [9.17, 15) is 0 Å². The van der Waals surface area contributed by atoms with E-state index in [4.69, 9.17) is 8.94 Å². The summed E-state index contributed by atoms with van der Waals surface area (Å²) in [6, 6.07) is 3.99. The highest BCUT2D eigenvalue weighted by Crippen LogP contribution is 2.12. The van der Waals surface area contributed by atoms with Gasteiger partial charge in [0, 0.05) is 12.0 Å². The Balaban J connectivity index is 1.98. The highest BCUT2D eigenvalue weighted by atomic mass is 16.5. The first-order valence-corrected chi connectivity index (χ1v) is 4.71. The Bertz CT molecular complexity index is 414. The van der Waals surface area contributed by atoms with Crippen LogP contribution in [0.5, 0.6) is 0 Å². The third-order valence-electron chi connectivity index (χ3n) is 2.29. The molecular weight excluding hydrogens is 178 g/mol. The molecule has 0 saturated carbocycles. The molecule has 0 aromatic carbocycles. The lowest BCUT2D eigenvalue weighted by Gasteiger charge is -1.95. The molecule has 0 aliphatic heterocycles. The molecule has 0 spiro atoms. The molecular formula is C11H13NO2. The number of aromatic nitrogens is 1. The molecule has 0 amide bonds. The van der Waals surface area contributed by atoms with E-state index in [1.807, 2.05) is 26.0 Å². The minimum atomic E-state index is 0.897. The van der Waals surface area contributed by atoms with Gasteiger partial charge < -0.3 is 8.94 Å². The predicted octanol–water partition coefficient (Wildman–Crippen LogP) is 2.67. The van der Waals surface area contributed by atoms with Crippen molar-refractivity contribution in [1.29, 1.82) is 0 Å². The first-order valence-electron chi connectivity index (χ1n) is 4.71. The predicted molar refractivity (Wildman–Crippen MR) is 52.1 cm³/mol. The van der Waals surface area contributed by atoms with Crippen molar-refractivity contribution >= 4 is 0 Å². The highest BCUT2D eigenvalue weighted by molar-refractivity contribution is 5.14. The Morgan fingerprint density at radius 1 is 1.21 bits per heavy atom. The van der Waals surface area contributed by atoms with Crippen LogP contribution in [0.3, 0.4) is 0 Å². The second kappa shape index (κ2) is 3.70. The Morgan fingerprint density at radius 2 is 2.07 bits per heavy atom. The zero-order chi connectivity index (χ0) is 9.97. The van der Waals surface area contributed by atoms with Crippen molar-refractivity contribution in [2.45, 2.75) is 26.7 Å². The first-order chi connectivity index (χ1) is 6.75. The maximum absolute atomic E-state index is 5.47. The van der Waals surface area contributed by atoms with Gasteiger partial charge in [0.15, 0.2) is 0 Å². The van der Waals surface area contributed by atoms with Crippen LogP contribution in [0.25, 0.3) is 0 Å². The van der Waals surface area contributed by atoms with Gasteiger partial charge in [0.25, 0.3) is 0 Å². The molecule has 2 aromatic rings. The molecule has 0 fully saturated rings. The molecule has 2 heterocycles. The average molecular weight is 191 g/mol. The van der Waals surface area contributed by atoms with Crippen LogP contribution in [-0.4, -0.2) is 5.16 Å². The Kier molecular flexibility index (Phi) is 2.39. The standard InChI is InChI=1S/C11H13NO2/c1-8-3-5-11(13-8)6-4-10-7-12-14-9(10)2/h3,5,7H,4,6H2,1-2H3. The molecule has 14 heavy (non-hydrogen) atoms. The van der Waals surface area contributed by atoms with E-state index in [0.29, 0.717) is 0 Å². The summed E-state index contributed by atoms with van der Waals surface area (Å²) in [7, 11) is 0. The molecule has 3 nitrogen and oxygen atoms in total. The maximum Gasteiger partial charge on any atom is 0.136 e. The summed E-state index contributed by atoms with van der Waals surface area (Å²) in [6.45, 7) is 3.88. The van der Waals surface area contributed by atoms with Gasteiger partial charge in [-0.15, -0.1) is 0 Å². The number of rotatable bonds is 3. The van der Waals surface area contributed by atoms with Crippen molar-refractivity contribution in [1.82, 2.24) is 5.16 Å². The smallest absolute Gasteiger partial charge is 0.136 e. The summed E-state index contributed by atoms with van der Waals surface area (Å²) < 4.78 is 10.4. The summed E-state index contributed by atoms with van der Waals surface area (Å²) in [5.41, 5.74) is 1.15. The second-order valence-corrected chi connectivity index (χ2v) is 3.42. The lowest BCUT2D eigenvalue weighted by Crippen LogP contribution is -1.89. The van der Waals surface area contributed by atoms with Gasteiger partial charge in [-0.1, -0.05) is 5.16 Å². The van der Waals surface area contributed by atoms with E-state index in [0.717, 1.165) is 35.7 Å². The van der Waals surface area contributed by atoms with Crippen LogP contribution in [0.15, 0.2) is 27.3 Å². The number of hydrogen-bond donors (Lipinski definition) is 0. The van der Waals surface area contributed by atoms with Crippen molar-refractivity contribution in [3.63, 3.8) is 0 Å². The van der Waals surface area contributed by atoms with Gasteiger partial charge in [-0.05, 0) is 32.4 Å². The van der Waals surface area contributed by atoms with Crippen LogP contribution in [-0.2, 0) is 12.8 Å². The van der Waals surface area contributed by atoms with Gasteiger partial charge in [-0.2, -0.15) is 0 Å². The normalized spacial score (nSPS) is 10.7. The fourth-order valence-corrected chi connectivity index (χ4v) is 1.44. The molecule has 0 radical (unpaired) electrons. The molecule has 0 unspecified atom stereocenters. The van der Waals surface area contributed by atoms with E-state index in [1.165, 1.54) is 0 Å².